The van der Waals surface area contributed by atoms with Crippen molar-refractivity contribution in [2.24, 2.45) is 0 Å². The van der Waals surface area contributed by atoms with E-state index in [1.165, 1.54) is 24.0 Å². The summed E-state index contributed by atoms with van der Waals surface area (Å²) in [7, 11) is 0. The molecular weight excluding hydrogens is 606 g/mol. The van der Waals surface area contributed by atoms with Crippen molar-refractivity contribution in [3.8, 4) is 50.6 Å². The highest BCUT2D eigenvalue weighted by molar-refractivity contribution is 5.92. The Morgan fingerprint density at radius 3 is 2.04 bits per heavy atom. The van der Waals surface area contributed by atoms with Crippen molar-refractivity contribution in [1.29, 1.82) is 0 Å². The first-order chi connectivity index (χ1) is 24.2. The van der Waals surface area contributed by atoms with Crippen LogP contribution in [0.3, 0.4) is 0 Å². The Morgan fingerprint density at radius 1 is 0.633 bits per heavy atom. The van der Waals surface area contributed by atoms with Gasteiger partial charge >= 0.3 is 0 Å². The molecule has 0 bridgehead atoms. The van der Waals surface area contributed by atoms with Gasteiger partial charge in [-0.15, -0.1) is 0 Å². The smallest absolute Gasteiger partial charge is 0.203 e. The van der Waals surface area contributed by atoms with E-state index in [1.807, 2.05) is 12.4 Å². The molecule has 49 heavy (non-hydrogen) atoms. The van der Waals surface area contributed by atoms with Crippen molar-refractivity contribution in [2.45, 2.75) is 44.0 Å². The van der Waals surface area contributed by atoms with Crippen molar-refractivity contribution in [3.63, 3.8) is 0 Å². The Hall–Kier alpha value is -5.44. The summed E-state index contributed by atoms with van der Waals surface area (Å²) in [6.07, 6.45) is 8.15. The van der Waals surface area contributed by atoms with Crippen LogP contribution in [0.4, 0.5) is 0 Å². The van der Waals surface area contributed by atoms with Gasteiger partial charge in [0.25, 0.3) is 0 Å². The first-order valence-electron chi connectivity index (χ1n) is 17.4. The second kappa shape index (κ2) is 11.6. The number of benzene rings is 4. The number of H-pyrrole nitrogens is 2. The van der Waals surface area contributed by atoms with Gasteiger partial charge in [-0.05, 0) is 86.3 Å². The maximum atomic E-state index is 7.04. The van der Waals surface area contributed by atoms with Gasteiger partial charge in [0.05, 0.1) is 47.1 Å². The number of hydrogen-bond acceptors (Lipinski definition) is 5. The van der Waals surface area contributed by atoms with Gasteiger partial charge in [-0.2, -0.15) is 0 Å². The Labute approximate surface area is 284 Å². The summed E-state index contributed by atoms with van der Waals surface area (Å²) in [5.41, 5.74) is 11.0. The highest BCUT2D eigenvalue weighted by atomic mass is 16.5. The summed E-state index contributed by atoms with van der Waals surface area (Å²) in [5.74, 6) is 2.88. The fourth-order valence-electron chi connectivity index (χ4n) is 7.91. The monoisotopic (exact) mass is 643 g/mol. The average molecular weight is 644 g/mol. The highest BCUT2D eigenvalue weighted by Gasteiger charge is 2.30. The highest BCUT2D eigenvalue weighted by Crippen LogP contribution is 2.46. The van der Waals surface area contributed by atoms with E-state index in [1.54, 1.807) is 0 Å². The van der Waals surface area contributed by atoms with Crippen LogP contribution in [0.15, 0.2) is 109 Å². The van der Waals surface area contributed by atoms with Crippen LogP contribution in [0.25, 0.3) is 55.8 Å². The molecule has 2 saturated heterocycles. The molecule has 3 unspecified atom stereocenters. The summed E-state index contributed by atoms with van der Waals surface area (Å²) in [6, 6.07) is 35.4. The predicted octanol–water partition coefficient (Wildman–Crippen LogP) is 8.54. The van der Waals surface area contributed by atoms with Gasteiger partial charge in [0.15, 0.2) is 0 Å². The Balaban J connectivity index is 1.08. The Kier molecular flexibility index (Phi) is 6.77. The molecule has 3 aliphatic heterocycles. The first-order valence-corrected chi connectivity index (χ1v) is 17.4. The molecule has 0 aliphatic carbocycles. The molecular formula is C41H37N7O. The number of aromatic amines is 2. The SMILES string of the molecule is c1ccc(-c2cccc(C3Oc4cc(-c5cnc(C6CCCN6)[nH]5)ccc4-c4cc5cc(-c6cnc(C7CCCN7)[nH]6)ccc5n43)c2)cc1. The van der Waals surface area contributed by atoms with Gasteiger partial charge in [0.1, 0.15) is 17.4 Å². The number of nitrogens with one attached hydrogen (secondary N) is 4. The minimum Gasteiger partial charge on any atom is -0.465 e. The number of aromatic nitrogens is 5. The van der Waals surface area contributed by atoms with Gasteiger partial charge in [0, 0.05) is 27.6 Å². The zero-order valence-electron chi connectivity index (χ0n) is 27.1. The predicted molar refractivity (Wildman–Crippen MR) is 193 cm³/mol. The van der Waals surface area contributed by atoms with E-state index >= 15 is 0 Å². The molecule has 0 spiro atoms. The molecule has 10 rings (SSSR count). The van der Waals surface area contributed by atoms with Crippen LogP contribution < -0.4 is 15.4 Å². The zero-order chi connectivity index (χ0) is 32.3. The summed E-state index contributed by atoms with van der Waals surface area (Å²) in [6.45, 7) is 2.08. The van der Waals surface area contributed by atoms with Gasteiger partial charge in [0.2, 0.25) is 6.23 Å². The van der Waals surface area contributed by atoms with Crippen LogP contribution in [0.1, 0.15) is 61.2 Å². The summed E-state index contributed by atoms with van der Waals surface area (Å²) < 4.78 is 9.39. The molecule has 0 amide bonds. The molecule has 6 heterocycles. The molecule has 3 atom stereocenters. The van der Waals surface area contributed by atoms with Gasteiger partial charge in [-0.25, -0.2) is 9.97 Å². The molecule has 8 heteroatoms. The van der Waals surface area contributed by atoms with E-state index < -0.39 is 0 Å². The normalized spacial score (nSPS) is 20.0. The van der Waals surface area contributed by atoms with Gasteiger partial charge in [-0.1, -0.05) is 60.7 Å². The fraction of sp³-hybridized carbons (Fsp3) is 0.220. The number of rotatable bonds is 6. The second-order valence-corrected chi connectivity index (χ2v) is 13.5. The Bertz CT molecular complexity index is 2300. The third-order valence-corrected chi connectivity index (χ3v) is 10.4. The van der Waals surface area contributed by atoms with Crippen molar-refractivity contribution in [1.82, 2.24) is 35.1 Å². The molecule has 8 nitrogen and oxygen atoms in total. The third-order valence-electron chi connectivity index (χ3n) is 10.4. The molecule has 3 aromatic heterocycles. The number of nitrogens with zero attached hydrogens (tertiary/aromatic N) is 3. The number of ether oxygens (including phenoxy) is 1. The third kappa shape index (κ3) is 4.98. The molecule has 0 radical (unpaired) electrons. The lowest BCUT2D eigenvalue weighted by molar-refractivity contribution is 0.173. The molecule has 4 N–H and O–H groups in total. The van der Waals surface area contributed by atoms with Crippen LogP contribution in [0, 0.1) is 0 Å². The quantitative estimate of drug-likeness (QED) is 0.146. The minimum atomic E-state index is -0.350. The number of fused-ring (bicyclic) bond motifs is 5. The van der Waals surface area contributed by atoms with E-state index in [-0.39, 0.29) is 12.3 Å². The van der Waals surface area contributed by atoms with Crippen LogP contribution in [-0.2, 0) is 0 Å². The van der Waals surface area contributed by atoms with Crippen LogP contribution >= 0.6 is 0 Å². The van der Waals surface area contributed by atoms with Crippen LogP contribution in [0.5, 0.6) is 5.75 Å². The van der Waals surface area contributed by atoms with Crippen molar-refractivity contribution < 1.29 is 4.74 Å². The standard InChI is InChI=1S/C41H37N7O/c1-2-7-25(8-3-1)26-9-4-10-29(19-26)41-48-36-16-14-27(34-23-44-39(46-34)32-11-5-17-42-32)20-30(36)21-37(48)31-15-13-28(22-38(31)49-41)35-24-45-40(47-35)33-12-6-18-43-33/h1-4,7-10,13-16,19-24,32-33,41-43H,5-6,11-12,17-18H2,(H,44,46)(H,45,47). The van der Waals surface area contributed by atoms with E-state index in [2.05, 4.69) is 122 Å². The van der Waals surface area contributed by atoms with E-state index in [9.17, 15) is 0 Å². The van der Waals surface area contributed by atoms with Gasteiger partial charge < -0.3 is 29.9 Å². The first kappa shape index (κ1) is 28.6. The molecule has 0 saturated carbocycles. The topological polar surface area (TPSA) is 95.6 Å². The van der Waals surface area contributed by atoms with Crippen molar-refractivity contribution >= 4 is 10.9 Å². The molecule has 4 aromatic carbocycles. The molecule has 3 aliphatic rings. The largest absolute Gasteiger partial charge is 0.465 e. The minimum absolute atomic E-state index is 0.289. The lowest BCUT2D eigenvalue weighted by Gasteiger charge is -2.31. The Morgan fingerprint density at radius 2 is 1.33 bits per heavy atom. The van der Waals surface area contributed by atoms with Crippen LogP contribution in [0.2, 0.25) is 0 Å². The summed E-state index contributed by atoms with van der Waals surface area (Å²) in [4.78, 5) is 16.6. The second-order valence-electron chi connectivity index (χ2n) is 13.5. The zero-order valence-corrected chi connectivity index (χ0v) is 27.1. The summed E-state index contributed by atoms with van der Waals surface area (Å²) in [5, 5.41) is 8.27. The number of hydrogen-bond donors (Lipinski definition) is 4. The maximum absolute atomic E-state index is 7.04. The van der Waals surface area contributed by atoms with Gasteiger partial charge in [-0.3, -0.25) is 0 Å². The average Bonchev–Trinajstić information content (AvgIpc) is 4.00. The lowest BCUT2D eigenvalue weighted by Crippen LogP contribution is -2.22. The van der Waals surface area contributed by atoms with E-state index in [0.29, 0.717) is 6.04 Å². The number of imidazole rings is 2. The van der Waals surface area contributed by atoms with E-state index in [4.69, 9.17) is 14.7 Å². The van der Waals surface area contributed by atoms with Crippen molar-refractivity contribution in [2.75, 3.05) is 13.1 Å². The molecule has 242 valence electrons. The van der Waals surface area contributed by atoms with Crippen molar-refractivity contribution in [3.05, 3.63) is 127 Å². The fourth-order valence-corrected chi connectivity index (χ4v) is 7.91. The molecule has 7 aromatic rings. The maximum Gasteiger partial charge on any atom is 0.203 e. The molecule has 2 fully saturated rings. The van der Waals surface area contributed by atoms with Crippen LogP contribution in [-0.4, -0.2) is 37.6 Å². The summed E-state index contributed by atoms with van der Waals surface area (Å²) >= 11 is 0. The lowest BCUT2D eigenvalue weighted by atomic mass is 10.0. The van der Waals surface area contributed by atoms with E-state index in [0.717, 1.165) is 93.6 Å².